The number of hydrogen-bond acceptors (Lipinski definition) is 8. The van der Waals surface area contributed by atoms with Crippen LogP contribution in [0.15, 0.2) is 25.7 Å². The molecule has 0 saturated carbocycles. The van der Waals surface area contributed by atoms with E-state index in [2.05, 4.69) is 27.7 Å². The number of ether oxygens (including phenoxy) is 2. The average molecular weight is 739 g/mol. The van der Waals surface area contributed by atoms with Crippen molar-refractivity contribution < 1.29 is 19.1 Å². The molecule has 1 aliphatic heterocycles. The summed E-state index contributed by atoms with van der Waals surface area (Å²) < 4.78 is 13.0. The number of carbonyl (C=O) groups is 2. The molecular weight excluding hydrogens is 673 g/mol. The molecule has 0 saturated heterocycles. The first-order valence-corrected chi connectivity index (χ1v) is 22.0. The van der Waals surface area contributed by atoms with Gasteiger partial charge in [0, 0.05) is 0 Å². The van der Waals surface area contributed by atoms with Gasteiger partial charge in [-0.3, -0.25) is 9.59 Å². The maximum Gasteiger partial charge on any atom is 0.314 e. The number of esters is 2. The van der Waals surface area contributed by atoms with Crippen LogP contribution >= 0.6 is 23.5 Å². The summed E-state index contributed by atoms with van der Waals surface area (Å²) in [4.78, 5) is 29.0. The Hall–Kier alpha value is -2.42. The highest BCUT2D eigenvalue weighted by Crippen LogP contribution is 2.60. The molecule has 1 heterocycles. The van der Waals surface area contributed by atoms with Gasteiger partial charge in [-0.1, -0.05) is 180 Å². The fourth-order valence-electron chi connectivity index (χ4n) is 6.65. The van der Waals surface area contributed by atoms with Gasteiger partial charge in [-0.25, -0.2) is 0 Å². The summed E-state index contributed by atoms with van der Waals surface area (Å²) >= 11 is 2.52. The second-order valence-corrected chi connectivity index (χ2v) is 16.6. The van der Waals surface area contributed by atoms with Crippen LogP contribution in [0.4, 0.5) is 0 Å². The van der Waals surface area contributed by atoms with Crippen LogP contribution in [0.3, 0.4) is 0 Å². The SMILES string of the molecule is CCCCCCCCC(CCCCCC)C(=O)Oc1cc(C)c(OC(=O)C(CCCCCC)CCCCCCCC)c2c1SC(=C(C#N)C#N)S2. The number of carbonyl (C=O) groups excluding carboxylic acids is 2. The number of hydrogen-bond donors (Lipinski definition) is 0. The molecule has 1 aliphatic rings. The van der Waals surface area contributed by atoms with Gasteiger partial charge in [-0.15, -0.1) is 0 Å². The maximum atomic E-state index is 13.9. The fraction of sp³-hybridized carbons (Fsp3) is 0.721. The van der Waals surface area contributed by atoms with Crippen molar-refractivity contribution in [1.82, 2.24) is 0 Å². The van der Waals surface area contributed by atoms with Gasteiger partial charge in [0.25, 0.3) is 0 Å². The van der Waals surface area contributed by atoms with E-state index < -0.39 is 0 Å². The first kappa shape index (κ1) is 44.7. The molecule has 51 heavy (non-hydrogen) atoms. The molecule has 284 valence electrons. The highest BCUT2D eigenvalue weighted by Gasteiger charge is 2.33. The molecule has 2 rings (SSSR count). The van der Waals surface area contributed by atoms with Crippen molar-refractivity contribution in [2.75, 3.05) is 0 Å². The van der Waals surface area contributed by atoms with Crippen molar-refractivity contribution in [3.05, 3.63) is 21.4 Å². The van der Waals surface area contributed by atoms with Gasteiger partial charge in [0.1, 0.15) is 29.2 Å². The molecule has 6 nitrogen and oxygen atoms in total. The normalized spacial score (nSPS) is 13.3. The topological polar surface area (TPSA) is 100 Å². The molecule has 0 aliphatic carbocycles. The van der Waals surface area contributed by atoms with Crippen LogP contribution in [0.1, 0.15) is 187 Å². The van der Waals surface area contributed by atoms with Crippen LogP contribution < -0.4 is 9.47 Å². The number of nitriles is 2. The van der Waals surface area contributed by atoms with Crippen molar-refractivity contribution in [3.8, 4) is 23.6 Å². The molecule has 0 amide bonds. The lowest BCUT2D eigenvalue weighted by molar-refractivity contribution is -0.141. The molecule has 0 fully saturated rings. The number of rotatable bonds is 28. The van der Waals surface area contributed by atoms with Crippen LogP contribution in [0.5, 0.6) is 11.5 Å². The standard InChI is InChI=1S/C43H66N2O4S2/c1-6-10-14-18-20-24-28-34(26-22-16-12-8-3)41(46)48-37-30-33(5)38(40-39(37)50-43(51-40)36(31-44)32-45)49-42(47)35(27-23-17-13-9-4)29-25-21-19-15-11-7-2/h30,34-35H,6-29H2,1-5H3. The Bertz CT molecular complexity index is 1300. The van der Waals surface area contributed by atoms with E-state index in [0.29, 0.717) is 31.1 Å². The van der Waals surface area contributed by atoms with Gasteiger partial charge in [-0.05, 0) is 44.2 Å². The van der Waals surface area contributed by atoms with Gasteiger partial charge in [-0.2, -0.15) is 10.5 Å². The van der Waals surface area contributed by atoms with Gasteiger partial charge >= 0.3 is 11.9 Å². The third-order valence-electron chi connectivity index (χ3n) is 9.86. The van der Waals surface area contributed by atoms with Crippen molar-refractivity contribution in [2.45, 2.75) is 199 Å². The average Bonchev–Trinajstić information content (AvgIpc) is 3.57. The van der Waals surface area contributed by atoms with E-state index >= 15 is 0 Å². The number of allylic oxidation sites excluding steroid dienone is 1. The Kier molecular flexibility index (Phi) is 23.9. The number of fused-ring (bicyclic) bond motifs is 1. The first-order valence-electron chi connectivity index (χ1n) is 20.4. The summed E-state index contributed by atoms with van der Waals surface area (Å²) in [5.41, 5.74) is 0.705. The maximum absolute atomic E-state index is 13.9. The Morgan fingerprint density at radius 2 is 0.961 bits per heavy atom. The largest absolute Gasteiger partial charge is 0.425 e. The van der Waals surface area contributed by atoms with Gasteiger partial charge in [0.05, 0.1) is 25.9 Å². The van der Waals surface area contributed by atoms with Gasteiger partial charge in [0.2, 0.25) is 0 Å². The molecule has 2 unspecified atom stereocenters. The Morgan fingerprint density at radius 1 is 0.588 bits per heavy atom. The summed E-state index contributed by atoms with van der Waals surface area (Å²) in [5.74, 6) is 0.0619. The van der Waals surface area contributed by atoms with E-state index in [-0.39, 0.29) is 29.3 Å². The van der Waals surface area contributed by atoms with E-state index in [4.69, 9.17) is 9.47 Å². The smallest absolute Gasteiger partial charge is 0.314 e. The molecule has 0 spiro atoms. The zero-order valence-corrected chi connectivity index (χ0v) is 34.2. The molecule has 0 bridgehead atoms. The highest BCUT2D eigenvalue weighted by atomic mass is 32.2. The number of unbranched alkanes of at least 4 members (excludes halogenated alkanes) is 16. The van der Waals surface area contributed by atoms with Crippen molar-refractivity contribution in [1.29, 1.82) is 10.5 Å². The molecule has 0 aromatic heterocycles. The fourth-order valence-corrected chi connectivity index (χ4v) is 9.20. The number of benzene rings is 1. The minimum atomic E-state index is -0.221. The predicted octanol–water partition coefficient (Wildman–Crippen LogP) is 13.9. The van der Waals surface area contributed by atoms with Gasteiger partial charge < -0.3 is 9.47 Å². The van der Waals surface area contributed by atoms with Crippen LogP contribution in [-0.4, -0.2) is 11.9 Å². The van der Waals surface area contributed by atoms with E-state index in [1.54, 1.807) is 6.07 Å². The minimum absolute atomic E-state index is 0.00199. The molecule has 0 N–H and O–H groups in total. The molecule has 0 radical (unpaired) electrons. The number of aryl methyl sites for hydroxylation is 1. The Morgan fingerprint density at radius 3 is 1.39 bits per heavy atom. The number of thioether (sulfide) groups is 2. The van der Waals surface area contributed by atoms with E-state index in [1.165, 1.54) is 74.9 Å². The third kappa shape index (κ3) is 16.4. The van der Waals surface area contributed by atoms with Crippen LogP contribution in [0.25, 0.3) is 0 Å². The van der Waals surface area contributed by atoms with Gasteiger partial charge in [0.15, 0.2) is 0 Å². The van der Waals surface area contributed by atoms with Crippen LogP contribution in [0, 0.1) is 41.4 Å². The van der Waals surface area contributed by atoms with Crippen molar-refractivity contribution in [3.63, 3.8) is 0 Å². The highest BCUT2D eigenvalue weighted by molar-refractivity contribution is 8.24. The summed E-state index contributed by atoms with van der Waals surface area (Å²) in [6.45, 7) is 10.7. The Balaban J connectivity index is 2.34. The number of nitrogens with zero attached hydrogens (tertiary/aromatic N) is 2. The van der Waals surface area contributed by atoms with E-state index in [0.717, 1.165) is 103 Å². The second kappa shape index (κ2) is 27.2. The Labute approximate surface area is 319 Å². The summed E-state index contributed by atoms with van der Waals surface area (Å²) in [7, 11) is 0. The molecule has 8 heteroatoms. The van der Waals surface area contributed by atoms with E-state index in [9.17, 15) is 20.1 Å². The second-order valence-electron chi connectivity index (χ2n) is 14.3. The third-order valence-corrected chi connectivity index (χ3v) is 12.5. The summed E-state index contributed by atoms with van der Waals surface area (Å²) in [6, 6.07) is 5.82. The van der Waals surface area contributed by atoms with E-state index in [1.807, 2.05) is 19.1 Å². The quantitative estimate of drug-likeness (QED) is 0.0362. The minimum Gasteiger partial charge on any atom is -0.425 e. The summed E-state index contributed by atoms with van der Waals surface area (Å²) in [6.07, 6.45) is 26.1. The molecule has 1 aromatic rings. The zero-order valence-electron chi connectivity index (χ0n) is 32.5. The lowest BCUT2D eigenvalue weighted by Gasteiger charge is -2.20. The van der Waals surface area contributed by atoms with Crippen LogP contribution in [0.2, 0.25) is 0 Å². The van der Waals surface area contributed by atoms with Crippen LogP contribution in [-0.2, 0) is 9.59 Å². The zero-order chi connectivity index (χ0) is 37.3. The molecule has 2 atom stereocenters. The monoisotopic (exact) mass is 738 g/mol. The molecule has 1 aromatic carbocycles. The summed E-state index contributed by atoms with van der Waals surface area (Å²) in [5, 5.41) is 19.4. The lowest BCUT2D eigenvalue weighted by Crippen LogP contribution is -2.22. The van der Waals surface area contributed by atoms with Crippen molar-refractivity contribution in [2.24, 2.45) is 11.8 Å². The lowest BCUT2D eigenvalue weighted by atomic mass is 9.94. The first-order chi connectivity index (χ1) is 24.8. The van der Waals surface area contributed by atoms with Crippen molar-refractivity contribution >= 4 is 35.5 Å². The predicted molar refractivity (Wildman–Crippen MR) is 213 cm³/mol. The molecular formula is C43H66N2O4S2.